The van der Waals surface area contributed by atoms with E-state index in [0.29, 0.717) is 18.5 Å². The molecule has 4 nitrogen and oxygen atoms in total. The highest BCUT2D eigenvalue weighted by molar-refractivity contribution is 5.78. The lowest BCUT2D eigenvalue weighted by Gasteiger charge is -2.23. The zero-order valence-corrected chi connectivity index (χ0v) is 10.1. The lowest BCUT2D eigenvalue weighted by atomic mass is 10.0. The minimum atomic E-state index is 0.222. The van der Waals surface area contributed by atoms with E-state index in [-0.39, 0.29) is 5.91 Å². The van der Waals surface area contributed by atoms with Crippen LogP contribution in [0.3, 0.4) is 0 Å². The largest absolute Gasteiger partial charge is 0.381 e. The number of likely N-dealkylation sites (N-methyl/N-ethyl adjacent to an activating group) is 1. The van der Waals surface area contributed by atoms with Crippen molar-refractivity contribution >= 4 is 5.91 Å². The maximum absolute atomic E-state index is 11.7. The van der Waals surface area contributed by atoms with Crippen molar-refractivity contribution in [1.29, 1.82) is 0 Å². The van der Waals surface area contributed by atoms with Gasteiger partial charge in [0.05, 0.1) is 13.2 Å². The number of nitrogens with zero attached hydrogens (tertiary/aromatic N) is 1. The third-order valence-electron chi connectivity index (χ3n) is 3.45. The lowest BCUT2D eigenvalue weighted by Crippen LogP contribution is -2.39. The second-order valence-corrected chi connectivity index (χ2v) is 4.95. The molecule has 1 unspecified atom stereocenters. The Morgan fingerprint density at radius 1 is 1.44 bits per heavy atom. The van der Waals surface area contributed by atoms with Gasteiger partial charge in [0.1, 0.15) is 0 Å². The number of carbonyl (C=O) groups excluding carboxylic acids is 1. The summed E-state index contributed by atoms with van der Waals surface area (Å²) in [4.78, 5) is 13.6. The van der Waals surface area contributed by atoms with Crippen molar-refractivity contribution in [2.45, 2.75) is 31.7 Å². The smallest absolute Gasteiger partial charge is 0.236 e. The number of nitrogens with one attached hydrogen (secondary N) is 1. The Balaban J connectivity index is 1.57. The molecule has 1 saturated carbocycles. The van der Waals surface area contributed by atoms with E-state index in [0.717, 1.165) is 26.2 Å². The van der Waals surface area contributed by atoms with Crippen LogP contribution in [-0.2, 0) is 9.53 Å². The molecule has 1 heterocycles. The van der Waals surface area contributed by atoms with E-state index >= 15 is 0 Å². The van der Waals surface area contributed by atoms with Gasteiger partial charge < -0.3 is 15.0 Å². The maximum atomic E-state index is 11.7. The van der Waals surface area contributed by atoms with Crippen LogP contribution >= 0.6 is 0 Å². The molecule has 1 aliphatic carbocycles. The molecule has 2 aliphatic rings. The molecule has 2 fully saturated rings. The summed E-state index contributed by atoms with van der Waals surface area (Å²) in [6.07, 6.45) is 4.74. The molecular formula is C12H22N2O2. The molecule has 1 N–H and O–H groups in total. The van der Waals surface area contributed by atoms with Crippen molar-refractivity contribution in [2.24, 2.45) is 5.92 Å². The predicted octanol–water partition coefficient (Wildman–Crippen LogP) is 0.623. The summed E-state index contributed by atoms with van der Waals surface area (Å²) in [6.45, 7) is 3.13. The molecule has 4 heteroatoms. The van der Waals surface area contributed by atoms with Gasteiger partial charge >= 0.3 is 0 Å². The highest BCUT2D eigenvalue weighted by Crippen LogP contribution is 2.25. The van der Waals surface area contributed by atoms with Crippen LogP contribution in [0.25, 0.3) is 0 Å². The summed E-state index contributed by atoms with van der Waals surface area (Å²) >= 11 is 0. The van der Waals surface area contributed by atoms with Crippen LogP contribution in [0, 0.1) is 5.92 Å². The van der Waals surface area contributed by atoms with Gasteiger partial charge in [-0.15, -0.1) is 0 Å². The fraction of sp³-hybridized carbons (Fsp3) is 0.917. The molecule has 0 aromatic rings. The molecule has 0 bridgehead atoms. The topological polar surface area (TPSA) is 41.6 Å². The first-order chi connectivity index (χ1) is 7.77. The van der Waals surface area contributed by atoms with E-state index < -0.39 is 0 Å². The molecule has 1 atom stereocenters. The number of hydrogen-bond acceptors (Lipinski definition) is 3. The quantitative estimate of drug-likeness (QED) is 0.747. The molecule has 0 radical (unpaired) electrons. The first-order valence-corrected chi connectivity index (χ1v) is 6.31. The Bertz CT molecular complexity index is 235. The molecule has 1 amide bonds. The molecule has 1 aliphatic heterocycles. The summed E-state index contributed by atoms with van der Waals surface area (Å²) in [6, 6.07) is 0.521. The van der Waals surface area contributed by atoms with Gasteiger partial charge in [0, 0.05) is 26.2 Å². The number of ether oxygens (including phenoxy) is 1. The van der Waals surface area contributed by atoms with Gasteiger partial charge in [-0.25, -0.2) is 0 Å². The Hall–Kier alpha value is -0.610. The number of rotatable bonds is 5. The van der Waals surface area contributed by atoms with Gasteiger partial charge in [0.2, 0.25) is 5.91 Å². The van der Waals surface area contributed by atoms with E-state index in [4.69, 9.17) is 4.74 Å². The Labute approximate surface area is 97.3 Å². The average Bonchev–Trinajstić information content (AvgIpc) is 3.13. The zero-order chi connectivity index (χ0) is 11.4. The molecule has 92 valence electrons. The number of hydrogen-bond donors (Lipinski definition) is 1. The summed E-state index contributed by atoms with van der Waals surface area (Å²) in [5.74, 6) is 0.812. The molecular weight excluding hydrogens is 204 g/mol. The maximum Gasteiger partial charge on any atom is 0.236 e. The van der Waals surface area contributed by atoms with Gasteiger partial charge in [-0.2, -0.15) is 0 Å². The minimum Gasteiger partial charge on any atom is -0.381 e. The number of carbonyl (C=O) groups is 1. The van der Waals surface area contributed by atoms with Crippen LogP contribution in [0.2, 0.25) is 0 Å². The second-order valence-electron chi connectivity index (χ2n) is 4.95. The first kappa shape index (κ1) is 11.9. The van der Waals surface area contributed by atoms with Crippen LogP contribution in [0.15, 0.2) is 0 Å². The Morgan fingerprint density at radius 3 is 2.88 bits per heavy atom. The molecule has 0 spiro atoms. The van der Waals surface area contributed by atoms with Crippen molar-refractivity contribution in [3.8, 4) is 0 Å². The SMILES string of the molecule is CN(C(=O)CNCC1CCCOC1)C1CC1. The molecule has 0 aromatic heterocycles. The van der Waals surface area contributed by atoms with E-state index in [1.807, 2.05) is 11.9 Å². The van der Waals surface area contributed by atoms with Crippen molar-refractivity contribution in [2.75, 3.05) is 33.4 Å². The summed E-state index contributed by atoms with van der Waals surface area (Å²) < 4.78 is 5.40. The van der Waals surface area contributed by atoms with Crippen molar-refractivity contribution in [3.63, 3.8) is 0 Å². The van der Waals surface area contributed by atoms with Gasteiger partial charge in [-0.1, -0.05) is 0 Å². The molecule has 16 heavy (non-hydrogen) atoms. The fourth-order valence-corrected chi connectivity index (χ4v) is 2.14. The molecule has 1 saturated heterocycles. The van der Waals surface area contributed by atoms with Gasteiger partial charge in [0.15, 0.2) is 0 Å². The summed E-state index contributed by atoms with van der Waals surface area (Å²) in [7, 11) is 1.91. The third-order valence-corrected chi connectivity index (χ3v) is 3.45. The highest BCUT2D eigenvalue weighted by atomic mass is 16.5. The third kappa shape index (κ3) is 3.46. The Kier molecular flexibility index (Phi) is 4.18. The average molecular weight is 226 g/mol. The van der Waals surface area contributed by atoms with Crippen molar-refractivity contribution in [3.05, 3.63) is 0 Å². The minimum absolute atomic E-state index is 0.222. The fourth-order valence-electron chi connectivity index (χ4n) is 2.14. The van der Waals surface area contributed by atoms with Crippen molar-refractivity contribution < 1.29 is 9.53 Å². The van der Waals surface area contributed by atoms with Gasteiger partial charge in [-0.3, -0.25) is 4.79 Å². The summed E-state index contributed by atoms with van der Waals surface area (Å²) in [5, 5.41) is 3.25. The van der Waals surface area contributed by atoms with Crippen LogP contribution in [0.5, 0.6) is 0 Å². The first-order valence-electron chi connectivity index (χ1n) is 6.31. The molecule has 2 rings (SSSR count). The second kappa shape index (κ2) is 5.64. The monoisotopic (exact) mass is 226 g/mol. The number of amides is 1. The molecule has 0 aromatic carbocycles. The predicted molar refractivity (Wildman–Crippen MR) is 62.2 cm³/mol. The lowest BCUT2D eigenvalue weighted by molar-refractivity contribution is -0.129. The van der Waals surface area contributed by atoms with E-state index in [1.54, 1.807) is 0 Å². The Morgan fingerprint density at radius 2 is 2.25 bits per heavy atom. The van der Waals surface area contributed by atoms with Crippen LogP contribution in [0.1, 0.15) is 25.7 Å². The normalized spacial score (nSPS) is 25.4. The van der Waals surface area contributed by atoms with Crippen LogP contribution < -0.4 is 5.32 Å². The van der Waals surface area contributed by atoms with E-state index in [2.05, 4.69) is 5.32 Å². The van der Waals surface area contributed by atoms with Crippen molar-refractivity contribution in [1.82, 2.24) is 10.2 Å². The van der Waals surface area contributed by atoms with E-state index in [9.17, 15) is 4.79 Å². The van der Waals surface area contributed by atoms with Crippen LogP contribution in [0.4, 0.5) is 0 Å². The highest BCUT2D eigenvalue weighted by Gasteiger charge is 2.29. The standard InChI is InChI=1S/C12H22N2O2/c1-14(11-4-5-11)12(15)8-13-7-10-3-2-6-16-9-10/h10-11,13H,2-9H2,1H3. The zero-order valence-electron chi connectivity index (χ0n) is 10.1. The van der Waals surface area contributed by atoms with Gasteiger partial charge in [-0.05, 0) is 31.6 Å². The van der Waals surface area contributed by atoms with Gasteiger partial charge in [0.25, 0.3) is 0 Å². The summed E-state index contributed by atoms with van der Waals surface area (Å²) in [5.41, 5.74) is 0. The van der Waals surface area contributed by atoms with E-state index in [1.165, 1.54) is 19.3 Å². The van der Waals surface area contributed by atoms with Crippen LogP contribution in [-0.4, -0.2) is 50.2 Å².